The van der Waals surface area contributed by atoms with Crippen molar-refractivity contribution < 1.29 is 33.3 Å². The number of rotatable bonds is 17. The van der Waals surface area contributed by atoms with Gasteiger partial charge in [-0.2, -0.15) is 0 Å². The normalized spacial score (nSPS) is 15.5. The molecule has 1 saturated heterocycles. The number of unbranched alkanes of at least 4 members (excludes halogenated alkanes) is 3. The SMILES string of the molecule is CCCCCOc1ccc([C@@H]2C(=C(O)c3ccc(OCCCC)cc3)C(=O)C(=O)N2c2nnc(SCc3ccccc3F)s2)cc1OCC. The lowest BCUT2D eigenvalue weighted by Gasteiger charge is -2.23. The van der Waals surface area contributed by atoms with Crippen molar-refractivity contribution >= 4 is 45.7 Å². The molecule has 0 bridgehead atoms. The van der Waals surface area contributed by atoms with Gasteiger partial charge in [0.15, 0.2) is 15.8 Å². The Bertz CT molecular complexity index is 1780. The van der Waals surface area contributed by atoms with Gasteiger partial charge in [-0.1, -0.05) is 80.5 Å². The van der Waals surface area contributed by atoms with Crippen LogP contribution in [0.2, 0.25) is 0 Å². The predicted octanol–water partition coefficient (Wildman–Crippen LogP) is 8.74. The number of anilines is 1. The predicted molar refractivity (Wildman–Crippen MR) is 190 cm³/mol. The van der Waals surface area contributed by atoms with Gasteiger partial charge in [-0.15, -0.1) is 10.2 Å². The fourth-order valence-corrected chi connectivity index (χ4v) is 7.13. The Kier molecular flexibility index (Phi) is 12.7. The van der Waals surface area contributed by atoms with Gasteiger partial charge in [0.2, 0.25) is 5.13 Å². The molecule has 0 unspecified atom stereocenters. The van der Waals surface area contributed by atoms with Crippen LogP contribution in [0.3, 0.4) is 0 Å². The molecule has 1 aromatic heterocycles. The quantitative estimate of drug-likeness (QED) is 0.0288. The molecule has 9 nitrogen and oxygen atoms in total. The van der Waals surface area contributed by atoms with Gasteiger partial charge in [-0.25, -0.2) is 4.39 Å². The summed E-state index contributed by atoms with van der Waals surface area (Å²) in [6.07, 6.45) is 4.89. The van der Waals surface area contributed by atoms with Gasteiger partial charge in [0.1, 0.15) is 17.3 Å². The van der Waals surface area contributed by atoms with Crippen molar-refractivity contribution in [1.29, 1.82) is 0 Å². The maximum atomic E-state index is 14.3. The van der Waals surface area contributed by atoms with E-state index < -0.39 is 17.7 Å². The minimum atomic E-state index is -1.05. The van der Waals surface area contributed by atoms with Crippen LogP contribution in [0.1, 0.15) is 75.6 Å². The van der Waals surface area contributed by atoms with E-state index in [2.05, 4.69) is 24.0 Å². The number of nitrogens with zero attached hydrogens (tertiary/aromatic N) is 3. The number of thioether (sulfide) groups is 1. The minimum absolute atomic E-state index is 0.0977. The number of aliphatic hydroxyl groups is 1. The van der Waals surface area contributed by atoms with Gasteiger partial charge in [0.25, 0.3) is 5.78 Å². The zero-order valence-corrected chi connectivity index (χ0v) is 29.4. The molecule has 2 heterocycles. The Morgan fingerprint density at radius 1 is 0.898 bits per heavy atom. The average molecular weight is 706 g/mol. The molecule has 1 aliphatic rings. The van der Waals surface area contributed by atoms with Crippen LogP contribution in [-0.4, -0.2) is 46.8 Å². The van der Waals surface area contributed by atoms with Crippen LogP contribution in [0.5, 0.6) is 17.2 Å². The largest absolute Gasteiger partial charge is 0.507 e. The van der Waals surface area contributed by atoms with Crippen molar-refractivity contribution in [3.63, 3.8) is 0 Å². The molecule has 1 aliphatic heterocycles. The van der Waals surface area contributed by atoms with Crippen molar-refractivity contribution in [3.05, 3.63) is 94.8 Å². The number of aliphatic hydroxyl groups excluding tert-OH is 1. The fraction of sp³-hybridized carbons (Fsp3) is 0.351. The maximum Gasteiger partial charge on any atom is 0.301 e. The van der Waals surface area contributed by atoms with Gasteiger partial charge in [-0.3, -0.25) is 14.5 Å². The summed E-state index contributed by atoms with van der Waals surface area (Å²) >= 11 is 2.38. The van der Waals surface area contributed by atoms with Gasteiger partial charge in [0, 0.05) is 11.3 Å². The Labute approximate surface area is 294 Å². The van der Waals surface area contributed by atoms with Crippen LogP contribution >= 0.6 is 23.1 Å². The number of ether oxygens (including phenoxy) is 3. The van der Waals surface area contributed by atoms with E-state index in [-0.39, 0.29) is 22.3 Å². The summed E-state index contributed by atoms with van der Waals surface area (Å²) in [5.41, 5.74) is 1.27. The van der Waals surface area contributed by atoms with E-state index in [1.165, 1.54) is 22.7 Å². The second-order valence-electron chi connectivity index (χ2n) is 11.3. The van der Waals surface area contributed by atoms with Crippen LogP contribution in [0, 0.1) is 5.82 Å². The second kappa shape index (κ2) is 17.3. The molecule has 1 fully saturated rings. The Hall–Kier alpha value is -4.42. The van der Waals surface area contributed by atoms with Crippen molar-refractivity contribution in [2.24, 2.45) is 0 Å². The molecule has 12 heteroatoms. The molecule has 0 aliphatic carbocycles. The zero-order chi connectivity index (χ0) is 34.8. The zero-order valence-electron chi connectivity index (χ0n) is 27.8. The molecule has 1 amide bonds. The number of halogens is 1. The number of Topliss-reactive ketones (excluding diaryl/α,β-unsaturated/α-hetero) is 1. The smallest absolute Gasteiger partial charge is 0.301 e. The van der Waals surface area contributed by atoms with E-state index >= 15 is 0 Å². The van der Waals surface area contributed by atoms with E-state index in [4.69, 9.17) is 14.2 Å². The molecule has 49 heavy (non-hydrogen) atoms. The van der Waals surface area contributed by atoms with Crippen molar-refractivity contribution in [2.75, 3.05) is 24.7 Å². The first-order valence-electron chi connectivity index (χ1n) is 16.5. The standard InChI is InChI=1S/C37H40FN3O6S2/c1-4-7-11-21-47-29-19-16-25(22-30(29)45-6-3)32-31(33(42)24-14-17-27(18-15-24)46-20-8-5-2)34(43)35(44)41(32)36-39-40-37(49-36)48-23-26-12-9-10-13-28(26)38/h9-10,12-19,22,32,42H,4-8,11,20-21,23H2,1-3H3/t32-/m1/s1. The van der Waals surface area contributed by atoms with Gasteiger partial charge in [-0.05, 0) is 73.4 Å². The molecule has 3 aromatic carbocycles. The number of hydrogen-bond acceptors (Lipinski definition) is 10. The van der Waals surface area contributed by atoms with Gasteiger partial charge >= 0.3 is 5.91 Å². The van der Waals surface area contributed by atoms with Crippen molar-refractivity contribution in [2.45, 2.75) is 69.0 Å². The van der Waals surface area contributed by atoms with E-state index in [1.54, 1.807) is 60.7 Å². The highest BCUT2D eigenvalue weighted by molar-refractivity contribution is 8.00. The van der Waals surface area contributed by atoms with Crippen LogP contribution in [0.4, 0.5) is 9.52 Å². The highest BCUT2D eigenvalue weighted by atomic mass is 32.2. The summed E-state index contributed by atoms with van der Waals surface area (Å²) in [5, 5.41) is 20.3. The molecule has 0 radical (unpaired) electrons. The lowest BCUT2D eigenvalue weighted by atomic mass is 9.95. The molecular formula is C37H40FN3O6S2. The summed E-state index contributed by atoms with van der Waals surface area (Å²) < 4.78 is 32.5. The first-order valence-corrected chi connectivity index (χ1v) is 18.3. The average Bonchev–Trinajstić information content (AvgIpc) is 3.68. The molecule has 5 rings (SSSR count). The summed E-state index contributed by atoms with van der Waals surface area (Å²) in [6, 6.07) is 17.4. The Morgan fingerprint density at radius 3 is 2.39 bits per heavy atom. The number of carbonyl (C=O) groups is 2. The summed E-state index contributed by atoms with van der Waals surface area (Å²) in [5.74, 6) is -0.443. The number of ketones is 1. The van der Waals surface area contributed by atoms with Gasteiger partial charge in [0.05, 0.1) is 31.4 Å². The topological polar surface area (TPSA) is 111 Å². The highest BCUT2D eigenvalue weighted by Crippen LogP contribution is 2.46. The molecule has 4 aromatic rings. The number of hydrogen-bond donors (Lipinski definition) is 1. The first-order chi connectivity index (χ1) is 23.9. The lowest BCUT2D eigenvalue weighted by Crippen LogP contribution is -2.29. The van der Waals surface area contributed by atoms with E-state index in [0.29, 0.717) is 63.9 Å². The molecule has 0 saturated carbocycles. The van der Waals surface area contributed by atoms with Crippen LogP contribution < -0.4 is 19.1 Å². The number of amides is 1. The molecule has 1 atom stereocenters. The molecule has 258 valence electrons. The third-order valence-electron chi connectivity index (χ3n) is 7.84. The summed E-state index contributed by atoms with van der Waals surface area (Å²) in [7, 11) is 0. The van der Waals surface area contributed by atoms with Crippen LogP contribution in [0.25, 0.3) is 5.76 Å². The number of benzene rings is 3. The molecular weight excluding hydrogens is 666 g/mol. The lowest BCUT2D eigenvalue weighted by molar-refractivity contribution is -0.132. The van der Waals surface area contributed by atoms with Crippen LogP contribution in [-0.2, 0) is 15.3 Å². The van der Waals surface area contributed by atoms with E-state index in [0.717, 1.165) is 43.4 Å². The van der Waals surface area contributed by atoms with Gasteiger partial charge < -0.3 is 19.3 Å². The van der Waals surface area contributed by atoms with Crippen molar-refractivity contribution in [1.82, 2.24) is 10.2 Å². The Balaban J connectivity index is 1.53. The number of aromatic nitrogens is 2. The second-order valence-corrected chi connectivity index (χ2v) is 13.5. The van der Waals surface area contributed by atoms with Crippen LogP contribution in [0.15, 0.2) is 76.6 Å². The third-order valence-corrected chi connectivity index (χ3v) is 9.94. The molecule has 1 N–H and O–H groups in total. The fourth-order valence-electron chi connectivity index (χ4n) is 5.27. The number of carbonyl (C=O) groups excluding carboxylic acids is 2. The summed E-state index contributed by atoms with van der Waals surface area (Å²) in [6.45, 7) is 7.50. The Morgan fingerprint density at radius 2 is 1.65 bits per heavy atom. The minimum Gasteiger partial charge on any atom is -0.507 e. The van der Waals surface area contributed by atoms with E-state index in [9.17, 15) is 19.1 Å². The maximum absolute atomic E-state index is 14.3. The first kappa shape index (κ1) is 35.9. The highest BCUT2D eigenvalue weighted by Gasteiger charge is 2.48. The van der Waals surface area contributed by atoms with Crippen molar-refractivity contribution in [3.8, 4) is 17.2 Å². The summed E-state index contributed by atoms with van der Waals surface area (Å²) in [4.78, 5) is 28.8. The monoisotopic (exact) mass is 705 g/mol. The third kappa shape index (κ3) is 8.60. The molecule has 0 spiro atoms. The van der Waals surface area contributed by atoms with E-state index in [1.807, 2.05) is 6.92 Å².